The number of halogens is 5. The van der Waals surface area contributed by atoms with Crippen molar-refractivity contribution in [2.75, 3.05) is 0 Å². The number of alkyl halides is 3. The summed E-state index contributed by atoms with van der Waals surface area (Å²) in [6.07, 6.45) is -5.11. The van der Waals surface area contributed by atoms with Crippen molar-refractivity contribution in [1.82, 2.24) is 5.32 Å². The Morgan fingerprint density at radius 3 is 2.11 bits per heavy atom. The van der Waals surface area contributed by atoms with Gasteiger partial charge in [0.2, 0.25) is 5.54 Å². The van der Waals surface area contributed by atoms with Crippen LogP contribution in [0, 0.1) is 11.6 Å². The second-order valence-corrected chi connectivity index (χ2v) is 3.98. The van der Waals surface area contributed by atoms with Crippen molar-refractivity contribution in [3.8, 4) is 0 Å². The van der Waals surface area contributed by atoms with E-state index in [1.807, 2.05) is 0 Å². The van der Waals surface area contributed by atoms with Crippen LogP contribution in [-0.2, 0) is 11.3 Å². The molecule has 0 aliphatic heterocycles. The number of carboxylic acids is 1. The highest BCUT2D eigenvalue weighted by Gasteiger charge is 2.57. The van der Waals surface area contributed by atoms with Crippen molar-refractivity contribution in [2.24, 2.45) is 0 Å². The third-order valence-electron chi connectivity index (χ3n) is 2.68. The first-order valence-electron chi connectivity index (χ1n) is 5.07. The maximum absolute atomic E-state index is 13.2. The van der Waals surface area contributed by atoms with Crippen molar-refractivity contribution >= 4 is 5.97 Å². The Labute approximate surface area is 105 Å². The summed E-state index contributed by atoms with van der Waals surface area (Å²) in [5.74, 6) is -4.29. The number of hydrogen-bond donors (Lipinski definition) is 2. The number of hydrogen-bond acceptors (Lipinski definition) is 2. The average molecular weight is 283 g/mol. The average Bonchev–Trinajstić information content (AvgIpc) is 2.26. The highest BCUT2D eigenvalue weighted by molar-refractivity contribution is 5.79. The van der Waals surface area contributed by atoms with Crippen LogP contribution in [0.25, 0.3) is 0 Å². The standard InChI is InChI=1S/C11H10F5NO2/c1-10(9(18)19,11(14,15)16)17-5-6-7(12)3-2-4-8(6)13/h2-4,17H,5H2,1H3,(H,18,19). The molecule has 0 heterocycles. The number of rotatable bonds is 4. The van der Waals surface area contributed by atoms with Crippen LogP contribution < -0.4 is 5.32 Å². The van der Waals surface area contributed by atoms with E-state index < -0.39 is 41.4 Å². The molecule has 3 nitrogen and oxygen atoms in total. The highest BCUT2D eigenvalue weighted by Crippen LogP contribution is 2.31. The lowest BCUT2D eigenvalue weighted by atomic mass is 10.0. The van der Waals surface area contributed by atoms with Gasteiger partial charge in [0.15, 0.2) is 0 Å². The first kappa shape index (κ1) is 15.4. The zero-order valence-electron chi connectivity index (χ0n) is 9.68. The van der Waals surface area contributed by atoms with Crippen LogP contribution in [0.4, 0.5) is 22.0 Å². The molecule has 8 heteroatoms. The largest absolute Gasteiger partial charge is 0.480 e. The van der Waals surface area contributed by atoms with Gasteiger partial charge in [0, 0.05) is 12.1 Å². The number of carboxylic acid groups (broad SMARTS) is 1. The number of aliphatic carboxylic acids is 1. The van der Waals surface area contributed by atoms with Crippen LogP contribution >= 0.6 is 0 Å². The van der Waals surface area contributed by atoms with Gasteiger partial charge in [0.25, 0.3) is 0 Å². The number of carbonyl (C=O) groups is 1. The Hall–Kier alpha value is -1.70. The smallest absolute Gasteiger partial charge is 0.417 e. The van der Waals surface area contributed by atoms with E-state index in [2.05, 4.69) is 0 Å². The van der Waals surface area contributed by atoms with Gasteiger partial charge < -0.3 is 5.11 Å². The van der Waals surface area contributed by atoms with E-state index in [1.165, 1.54) is 0 Å². The van der Waals surface area contributed by atoms with E-state index >= 15 is 0 Å². The Kier molecular flexibility index (Phi) is 4.14. The summed E-state index contributed by atoms with van der Waals surface area (Å²) in [4.78, 5) is 10.7. The molecule has 0 saturated heterocycles. The van der Waals surface area contributed by atoms with Gasteiger partial charge in [-0.25, -0.2) is 13.6 Å². The third kappa shape index (κ3) is 3.01. The molecule has 1 unspecified atom stereocenters. The zero-order valence-corrected chi connectivity index (χ0v) is 9.68. The van der Waals surface area contributed by atoms with Crippen LogP contribution in [0.1, 0.15) is 12.5 Å². The van der Waals surface area contributed by atoms with E-state index in [0.717, 1.165) is 18.2 Å². The maximum Gasteiger partial charge on any atom is 0.417 e. The lowest BCUT2D eigenvalue weighted by molar-refractivity contribution is -0.206. The minimum atomic E-state index is -5.11. The molecule has 0 aliphatic rings. The molecule has 2 N–H and O–H groups in total. The summed E-state index contributed by atoms with van der Waals surface area (Å²) in [5.41, 5.74) is -3.94. The molecular formula is C11H10F5NO2. The Balaban J connectivity index is 2.99. The molecule has 1 atom stereocenters. The molecule has 0 saturated carbocycles. The summed E-state index contributed by atoms with van der Waals surface area (Å²) in [7, 11) is 0. The second-order valence-electron chi connectivity index (χ2n) is 3.98. The van der Waals surface area contributed by atoms with Gasteiger partial charge in [0.1, 0.15) is 11.6 Å². The molecule has 1 rings (SSSR count). The van der Waals surface area contributed by atoms with E-state index in [4.69, 9.17) is 5.11 Å². The monoisotopic (exact) mass is 283 g/mol. The zero-order chi connectivity index (χ0) is 14.8. The van der Waals surface area contributed by atoms with Gasteiger partial charge in [-0.05, 0) is 19.1 Å². The molecule has 0 fully saturated rings. The Bertz CT molecular complexity index is 468. The van der Waals surface area contributed by atoms with Gasteiger partial charge in [-0.15, -0.1) is 0 Å². The quantitative estimate of drug-likeness (QED) is 0.834. The Morgan fingerprint density at radius 2 is 1.74 bits per heavy atom. The number of benzene rings is 1. The second kappa shape index (κ2) is 5.12. The summed E-state index contributed by atoms with van der Waals surface area (Å²) in [5, 5.41) is 10.2. The predicted octanol–water partition coefficient (Wildman–Crippen LogP) is 2.46. The summed E-state index contributed by atoms with van der Waals surface area (Å²) < 4.78 is 64.3. The molecule has 1 aromatic carbocycles. The van der Waals surface area contributed by atoms with Crippen molar-refractivity contribution < 1.29 is 31.9 Å². The van der Waals surface area contributed by atoms with Crippen molar-refractivity contribution in [2.45, 2.75) is 25.2 Å². The van der Waals surface area contributed by atoms with Crippen LogP contribution in [0.2, 0.25) is 0 Å². The lowest BCUT2D eigenvalue weighted by Crippen LogP contribution is -2.59. The topological polar surface area (TPSA) is 49.3 Å². The minimum absolute atomic E-state index is 0.383. The maximum atomic E-state index is 13.2. The van der Waals surface area contributed by atoms with Crippen LogP contribution in [0.5, 0.6) is 0 Å². The highest BCUT2D eigenvalue weighted by atomic mass is 19.4. The van der Waals surface area contributed by atoms with Gasteiger partial charge >= 0.3 is 12.1 Å². The third-order valence-corrected chi connectivity index (χ3v) is 2.68. The first-order valence-corrected chi connectivity index (χ1v) is 5.07. The van der Waals surface area contributed by atoms with Gasteiger partial charge in [-0.1, -0.05) is 6.07 Å². The molecule has 0 amide bonds. The van der Waals surface area contributed by atoms with Crippen molar-refractivity contribution in [3.63, 3.8) is 0 Å². The molecule has 0 aliphatic carbocycles. The van der Waals surface area contributed by atoms with Gasteiger partial charge in [-0.2, -0.15) is 13.2 Å². The molecule has 0 bridgehead atoms. The van der Waals surface area contributed by atoms with Crippen LogP contribution in [-0.4, -0.2) is 22.8 Å². The fourth-order valence-electron chi connectivity index (χ4n) is 1.26. The summed E-state index contributed by atoms with van der Waals surface area (Å²) in [6.45, 7) is -0.519. The van der Waals surface area contributed by atoms with E-state index in [9.17, 15) is 26.7 Å². The SMILES string of the molecule is CC(NCc1c(F)cccc1F)(C(=O)O)C(F)(F)F. The van der Waals surface area contributed by atoms with Gasteiger partial charge in [-0.3, -0.25) is 5.32 Å². The summed E-state index contributed by atoms with van der Waals surface area (Å²) in [6, 6.07) is 2.78. The minimum Gasteiger partial charge on any atom is -0.480 e. The van der Waals surface area contributed by atoms with E-state index in [0.29, 0.717) is 6.92 Å². The molecule has 1 aromatic rings. The first-order chi connectivity index (χ1) is 8.59. The molecular weight excluding hydrogens is 273 g/mol. The van der Waals surface area contributed by atoms with E-state index in [1.54, 1.807) is 5.32 Å². The lowest BCUT2D eigenvalue weighted by Gasteiger charge is -2.28. The van der Waals surface area contributed by atoms with Crippen molar-refractivity contribution in [1.29, 1.82) is 0 Å². The molecule has 0 aromatic heterocycles. The normalized spacial score (nSPS) is 15.1. The Morgan fingerprint density at radius 1 is 1.26 bits per heavy atom. The summed E-state index contributed by atoms with van der Waals surface area (Å²) >= 11 is 0. The van der Waals surface area contributed by atoms with Gasteiger partial charge in [0.05, 0.1) is 0 Å². The van der Waals surface area contributed by atoms with Crippen LogP contribution in [0.15, 0.2) is 18.2 Å². The molecule has 0 radical (unpaired) electrons. The fraction of sp³-hybridized carbons (Fsp3) is 0.364. The predicted molar refractivity (Wildman–Crippen MR) is 55.3 cm³/mol. The molecule has 0 spiro atoms. The number of nitrogens with one attached hydrogen (secondary N) is 1. The molecule has 106 valence electrons. The van der Waals surface area contributed by atoms with E-state index in [-0.39, 0.29) is 0 Å². The fourth-order valence-corrected chi connectivity index (χ4v) is 1.26. The van der Waals surface area contributed by atoms with Crippen LogP contribution in [0.3, 0.4) is 0 Å². The molecule has 19 heavy (non-hydrogen) atoms. The van der Waals surface area contributed by atoms with Crippen molar-refractivity contribution in [3.05, 3.63) is 35.4 Å².